The molecule has 0 unspecified atom stereocenters. The summed E-state index contributed by atoms with van der Waals surface area (Å²) < 4.78 is 58.6. The largest absolute Gasteiger partial charge is 0.417 e. The molecule has 1 aromatic carbocycles. The van der Waals surface area contributed by atoms with E-state index >= 15 is 0 Å². The molecule has 3 heterocycles. The second-order valence-electron chi connectivity index (χ2n) is 7.76. The molecule has 10 heteroatoms. The van der Waals surface area contributed by atoms with Crippen LogP contribution in [0.25, 0.3) is 6.08 Å². The van der Waals surface area contributed by atoms with E-state index in [1.165, 1.54) is 6.08 Å². The molecule has 1 aromatic rings. The second-order valence-corrected chi connectivity index (χ2v) is 7.76. The van der Waals surface area contributed by atoms with Crippen molar-refractivity contribution in [3.8, 4) is 0 Å². The number of rotatable bonds is 2. The van der Waals surface area contributed by atoms with Gasteiger partial charge in [0, 0.05) is 37.7 Å². The summed E-state index contributed by atoms with van der Waals surface area (Å²) >= 11 is 0. The highest BCUT2D eigenvalue weighted by Crippen LogP contribution is 2.34. The van der Waals surface area contributed by atoms with Crippen molar-refractivity contribution in [3.05, 3.63) is 41.2 Å². The van der Waals surface area contributed by atoms with Crippen molar-refractivity contribution in [1.82, 2.24) is 15.1 Å². The summed E-state index contributed by atoms with van der Waals surface area (Å²) in [6.07, 6.45) is -1.46. The van der Waals surface area contributed by atoms with Gasteiger partial charge in [-0.05, 0) is 18.6 Å². The lowest BCUT2D eigenvalue weighted by molar-refractivity contribution is -0.140. The van der Waals surface area contributed by atoms with Crippen LogP contribution in [0.4, 0.5) is 22.4 Å². The Kier molecular flexibility index (Phi) is 5.44. The minimum atomic E-state index is -4.65. The molecule has 162 valence electrons. The van der Waals surface area contributed by atoms with Crippen LogP contribution in [-0.4, -0.2) is 66.7 Å². The lowest BCUT2D eigenvalue weighted by atomic mass is 9.96. The Morgan fingerprint density at radius 1 is 1.20 bits per heavy atom. The van der Waals surface area contributed by atoms with Gasteiger partial charge in [-0.1, -0.05) is 18.2 Å². The lowest BCUT2D eigenvalue weighted by Gasteiger charge is -2.45. The number of morpholine rings is 1. The van der Waals surface area contributed by atoms with E-state index in [4.69, 9.17) is 4.74 Å². The number of urea groups is 1. The van der Waals surface area contributed by atoms with Crippen LogP contribution in [0.5, 0.6) is 0 Å². The number of hydrogen-bond donors (Lipinski definition) is 1. The summed E-state index contributed by atoms with van der Waals surface area (Å²) in [6, 6.07) is 2.45. The van der Waals surface area contributed by atoms with E-state index in [9.17, 15) is 27.2 Å². The maximum absolute atomic E-state index is 13.9. The van der Waals surface area contributed by atoms with Crippen LogP contribution < -0.4 is 5.32 Å². The van der Waals surface area contributed by atoms with Gasteiger partial charge in [0.2, 0.25) is 5.91 Å². The van der Waals surface area contributed by atoms with Gasteiger partial charge in [0.05, 0.1) is 17.7 Å². The number of likely N-dealkylation sites (tertiary alicyclic amines) is 2. The number of carbonyl (C=O) groups is 2. The van der Waals surface area contributed by atoms with Crippen LogP contribution in [0, 0.1) is 11.7 Å². The molecule has 0 bridgehead atoms. The van der Waals surface area contributed by atoms with Gasteiger partial charge in [0.1, 0.15) is 12.4 Å². The lowest BCUT2D eigenvalue weighted by Crippen LogP contribution is -2.64. The Bertz CT molecular complexity index is 867. The number of alkyl halides is 3. The number of fused-ring (bicyclic) bond motifs is 1. The molecular weight excluding hydrogens is 406 g/mol. The highest BCUT2D eigenvalue weighted by molar-refractivity contribution is 5.79. The van der Waals surface area contributed by atoms with E-state index in [-0.39, 0.29) is 36.6 Å². The fourth-order valence-corrected chi connectivity index (χ4v) is 4.05. The van der Waals surface area contributed by atoms with Gasteiger partial charge in [0.15, 0.2) is 0 Å². The first-order valence-electron chi connectivity index (χ1n) is 9.71. The zero-order valence-electron chi connectivity index (χ0n) is 16.0. The molecule has 0 radical (unpaired) electrons. The average molecular weight is 427 g/mol. The van der Waals surface area contributed by atoms with E-state index in [1.54, 1.807) is 9.80 Å². The predicted octanol–water partition coefficient (Wildman–Crippen LogP) is 2.50. The Morgan fingerprint density at radius 2 is 1.97 bits per heavy atom. The van der Waals surface area contributed by atoms with E-state index in [2.05, 4.69) is 5.32 Å². The molecule has 0 saturated carbocycles. The molecule has 0 spiro atoms. The first-order chi connectivity index (χ1) is 14.2. The quantitative estimate of drug-likeness (QED) is 0.738. The molecular formula is C20H21F4N3O3. The molecule has 1 N–H and O–H groups in total. The summed E-state index contributed by atoms with van der Waals surface area (Å²) in [5.74, 6) is -1.29. The molecule has 30 heavy (non-hydrogen) atoms. The fourth-order valence-electron chi connectivity index (χ4n) is 4.05. The average Bonchev–Trinajstić information content (AvgIpc) is 2.66. The molecule has 0 aromatic heterocycles. The minimum Gasteiger partial charge on any atom is -0.366 e. The normalized spacial score (nSPS) is 25.1. The van der Waals surface area contributed by atoms with Crippen LogP contribution in [0.1, 0.15) is 17.5 Å². The van der Waals surface area contributed by atoms with Crippen LogP contribution in [0.3, 0.4) is 0 Å². The summed E-state index contributed by atoms with van der Waals surface area (Å²) in [6.45, 7) is 1.60. The van der Waals surface area contributed by atoms with Gasteiger partial charge in [-0.3, -0.25) is 4.79 Å². The van der Waals surface area contributed by atoms with Crippen LogP contribution in [0.2, 0.25) is 0 Å². The zero-order valence-corrected chi connectivity index (χ0v) is 16.0. The molecule has 3 fully saturated rings. The number of piperidine rings is 1. The third-order valence-electron chi connectivity index (χ3n) is 5.67. The maximum atomic E-state index is 13.9. The van der Waals surface area contributed by atoms with E-state index in [0.717, 1.165) is 24.3 Å². The van der Waals surface area contributed by atoms with Crippen molar-refractivity contribution in [2.75, 3.05) is 32.8 Å². The SMILES string of the molecule is O=C1CO[C@H]2CCN(C(=O)N3CC(/C=C/c4c(F)cccc4C(F)(F)F)C3)C[C@H]2N1. The first kappa shape index (κ1) is 20.6. The molecule has 4 rings (SSSR count). The number of ether oxygens (including phenoxy) is 1. The predicted molar refractivity (Wildman–Crippen MR) is 98.8 cm³/mol. The van der Waals surface area contributed by atoms with E-state index in [1.807, 2.05) is 0 Å². The van der Waals surface area contributed by atoms with Gasteiger partial charge < -0.3 is 19.9 Å². The molecule has 3 amide bonds. The monoisotopic (exact) mass is 427 g/mol. The summed E-state index contributed by atoms with van der Waals surface area (Å²) in [4.78, 5) is 27.4. The molecule has 6 nitrogen and oxygen atoms in total. The van der Waals surface area contributed by atoms with Gasteiger partial charge in [-0.25, -0.2) is 9.18 Å². The van der Waals surface area contributed by atoms with E-state index < -0.39 is 23.1 Å². The highest BCUT2D eigenvalue weighted by Gasteiger charge is 2.39. The number of hydrogen-bond acceptors (Lipinski definition) is 3. The number of halogens is 4. The van der Waals surface area contributed by atoms with Crippen molar-refractivity contribution < 1.29 is 31.9 Å². The van der Waals surface area contributed by atoms with Crippen LogP contribution in [0.15, 0.2) is 24.3 Å². The Balaban J connectivity index is 1.34. The highest BCUT2D eigenvalue weighted by atomic mass is 19.4. The summed E-state index contributed by atoms with van der Waals surface area (Å²) in [5.41, 5.74) is -1.52. The first-order valence-corrected chi connectivity index (χ1v) is 9.71. The van der Waals surface area contributed by atoms with E-state index in [0.29, 0.717) is 32.6 Å². The third-order valence-corrected chi connectivity index (χ3v) is 5.67. The number of carbonyl (C=O) groups excluding carboxylic acids is 2. The van der Waals surface area contributed by atoms with Gasteiger partial charge in [0.25, 0.3) is 0 Å². The van der Waals surface area contributed by atoms with Crippen molar-refractivity contribution in [1.29, 1.82) is 0 Å². The number of benzene rings is 1. The summed E-state index contributed by atoms with van der Waals surface area (Å²) in [5, 5.41) is 2.83. The minimum absolute atomic E-state index is 0.0350. The van der Waals surface area contributed by atoms with Crippen molar-refractivity contribution in [2.24, 2.45) is 5.92 Å². The van der Waals surface area contributed by atoms with Crippen molar-refractivity contribution >= 4 is 18.0 Å². The second kappa shape index (κ2) is 7.90. The maximum Gasteiger partial charge on any atom is 0.417 e. The van der Waals surface area contributed by atoms with Crippen molar-refractivity contribution in [2.45, 2.75) is 24.7 Å². The molecule has 3 aliphatic rings. The molecule has 0 aliphatic carbocycles. The number of amides is 3. The van der Waals surface area contributed by atoms with Crippen LogP contribution in [-0.2, 0) is 15.7 Å². The van der Waals surface area contributed by atoms with Crippen LogP contribution >= 0.6 is 0 Å². The van der Waals surface area contributed by atoms with Gasteiger partial charge in [-0.15, -0.1) is 0 Å². The van der Waals surface area contributed by atoms with Crippen molar-refractivity contribution in [3.63, 3.8) is 0 Å². The zero-order chi connectivity index (χ0) is 21.5. The molecule has 3 saturated heterocycles. The Labute approximate surface area is 170 Å². The standard InChI is InChI=1S/C20H21F4N3O3/c21-15-3-1-2-14(20(22,23)24)13(15)5-4-12-8-27(9-12)19(29)26-7-6-17-16(10-26)25-18(28)11-30-17/h1-5,12,16-17H,6-11H2,(H,25,28)/b5-4+/t16-,17+/m1/s1. The topological polar surface area (TPSA) is 61.9 Å². The fraction of sp³-hybridized carbons (Fsp3) is 0.500. The molecule has 3 aliphatic heterocycles. The Hall–Kier alpha value is -2.62. The third kappa shape index (κ3) is 4.14. The summed E-state index contributed by atoms with van der Waals surface area (Å²) in [7, 11) is 0. The Morgan fingerprint density at radius 3 is 2.70 bits per heavy atom. The van der Waals surface area contributed by atoms with Gasteiger partial charge in [-0.2, -0.15) is 13.2 Å². The number of nitrogens with one attached hydrogen (secondary N) is 1. The van der Waals surface area contributed by atoms with Gasteiger partial charge >= 0.3 is 12.2 Å². The smallest absolute Gasteiger partial charge is 0.366 e. The molecule has 2 atom stereocenters. The number of nitrogens with zero attached hydrogens (tertiary/aromatic N) is 2.